The summed E-state index contributed by atoms with van der Waals surface area (Å²) in [5.74, 6) is 2.38. The van der Waals surface area contributed by atoms with Crippen molar-refractivity contribution in [3.63, 3.8) is 0 Å². The number of piperidine rings is 1. The van der Waals surface area contributed by atoms with Crippen molar-refractivity contribution >= 4 is 0 Å². The fourth-order valence-corrected chi connectivity index (χ4v) is 3.20. The van der Waals surface area contributed by atoms with Crippen LogP contribution in [0.2, 0.25) is 0 Å². The van der Waals surface area contributed by atoms with Gasteiger partial charge < -0.3 is 15.3 Å². The number of nitrogens with zero attached hydrogens (tertiary/aromatic N) is 1. The number of rotatable bonds is 6. The van der Waals surface area contributed by atoms with Crippen molar-refractivity contribution in [1.29, 1.82) is 0 Å². The van der Waals surface area contributed by atoms with E-state index < -0.39 is 0 Å². The lowest BCUT2D eigenvalue weighted by Crippen LogP contribution is -2.52. The van der Waals surface area contributed by atoms with E-state index in [0.717, 1.165) is 24.8 Å². The summed E-state index contributed by atoms with van der Waals surface area (Å²) in [7, 11) is 0. The molecule has 1 heterocycles. The van der Waals surface area contributed by atoms with Gasteiger partial charge in [0.1, 0.15) is 0 Å². The predicted molar refractivity (Wildman–Crippen MR) is 73.5 cm³/mol. The van der Waals surface area contributed by atoms with Crippen molar-refractivity contribution in [2.45, 2.75) is 51.2 Å². The molecule has 104 valence electrons. The summed E-state index contributed by atoms with van der Waals surface area (Å²) in [5.41, 5.74) is 0. The molecule has 3 unspecified atom stereocenters. The standard InChI is InChI=1S/C15H28N2O/c1-11(18)14-6-15(16-7-12-2-3-12)10-17(9-14)8-13-4-5-13/h11-16,18H,2-10H2,1H3. The quantitative estimate of drug-likeness (QED) is 0.751. The van der Waals surface area contributed by atoms with Gasteiger partial charge in [-0.05, 0) is 63.3 Å². The largest absolute Gasteiger partial charge is 0.393 e. The van der Waals surface area contributed by atoms with Crippen LogP contribution in [0.3, 0.4) is 0 Å². The Morgan fingerprint density at radius 3 is 2.50 bits per heavy atom. The minimum absolute atomic E-state index is 0.155. The van der Waals surface area contributed by atoms with E-state index in [9.17, 15) is 5.11 Å². The molecule has 2 N–H and O–H groups in total. The summed E-state index contributed by atoms with van der Waals surface area (Å²) in [5, 5.41) is 13.6. The third kappa shape index (κ3) is 3.69. The smallest absolute Gasteiger partial charge is 0.0553 e. The van der Waals surface area contributed by atoms with Crippen molar-refractivity contribution in [3.8, 4) is 0 Å². The van der Waals surface area contributed by atoms with Crippen LogP contribution >= 0.6 is 0 Å². The van der Waals surface area contributed by atoms with Crippen molar-refractivity contribution in [2.24, 2.45) is 17.8 Å². The lowest BCUT2D eigenvalue weighted by Gasteiger charge is -2.39. The summed E-state index contributed by atoms with van der Waals surface area (Å²) in [4.78, 5) is 2.60. The van der Waals surface area contributed by atoms with Gasteiger partial charge in [-0.25, -0.2) is 0 Å². The second-order valence-corrected chi connectivity index (χ2v) is 6.95. The van der Waals surface area contributed by atoms with E-state index >= 15 is 0 Å². The molecule has 3 rings (SSSR count). The van der Waals surface area contributed by atoms with Crippen molar-refractivity contribution in [2.75, 3.05) is 26.2 Å². The number of nitrogens with one attached hydrogen (secondary N) is 1. The van der Waals surface area contributed by atoms with E-state index in [-0.39, 0.29) is 6.10 Å². The number of aliphatic hydroxyl groups is 1. The van der Waals surface area contributed by atoms with Gasteiger partial charge in [-0.2, -0.15) is 0 Å². The molecular weight excluding hydrogens is 224 g/mol. The first-order valence-corrected chi connectivity index (χ1v) is 7.84. The lowest BCUT2D eigenvalue weighted by molar-refractivity contribution is 0.0461. The highest BCUT2D eigenvalue weighted by Crippen LogP contribution is 2.32. The molecule has 18 heavy (non-hydrogen) atoms. The average Bonchev–Trinajstić information content (AvgIpc) is 3.21. The summed E-state index contributed by atoms with van der Waals surface area (Å²) >= 11 is 0. The fourth-order valence-electron chi connectivity index (χ4n) is 3.20. The van der Waals surface area contributed by atoms with Crippen LogP contribution in [-0.2, 0) is 0 Å². The van der Waals surface area contributed by atoms with Crippen LogP contribution in [0.25, 0.3) is 0 Å². The molecule has 3 nitrogen and oxygen atoms in total. The molecule has 0 aromatic carbocycles. The van der Waals surface area contributed by atoms with E-state index in [4.69, 9.17) is 0 Å². The Morgan fingerprint density at radius 1 is 1.17 bits per heavy atom. The molecule has 2 aliphatic carbocycles. The molecule has 2 saturated carbocycles. The van der Waals surface area contributed by atoms with E-state index in [0.29, 0.717) is 12.0 Å². The predicted octanol–water partition coefficient (Wildman–Crippen LogP) is 1.47. The highest BCUT2D eigenvalue weighted by Gasteiger charge is 2.33. The number of hydrogen-bond acceptors (Lipinski definition) is 3. The van der Waals surface area contributed by atoms with Gasteiger partial charge in [0.05, 0.1) is 6.10 Å². The lowest BCUT2D eigenvalue weighted by atomic mass is 9.90. The molecule has 3 heteroatoms. The monoisotopic (exact) mass is 252 g/mol. The highest BCUT2D eigenvalue weighted by atomic mass is 16.3. The molecule has 0 aromatic heterocycles. The first-order valence-electron chi connectivity index (χ1n) is 7.84. The third-order valence-corrected chi connectivity index (χ3v) is 4.85. The van der Waals surface area contributed by atoms with Gasteiger partial charge in [-0.3, -0.25) is 0 Å². The van der Waals surface area contributed by atoms with E-state index in [1.807, 2.05) is 6.92 Å². The minimum Gasteiger partial charge on any atom is -0.393 e. The first kappa shape index (κ1) is 12.9. The normalized spacial score (nSPS) is 35.7. The average molecular weight is 252 g/mol. The summed E-state index contributed by atoms with van der Waals surface area (Å²) < 4.78 is 0. The van der Waals surface area contributed by atoms with Crippen molar-refractivity contribution < 1.29 is 5.11 Å². The van der Waals surface area contributed by atoms with Gasteiger partial charge in [-0.1, -0.05) is 0 Å². The fraction of sp³-hybridized carbons (Fsp3) is 1.00. The van der Waals surface area contributed by atoms with Gasteiger partial charge in [0.15, 0.2) is 0 Å². The Hall–Kier alpha value is -0.120. The Morgan fingerprint density at radius 2 is 1.89 bits per heavy atom. The number of aliphatic hydroxyl groups excluding tert-OH is 1. The Labute approximate surface area is 111 Å². The molecule has 0 spiro atoms. The van der Waals surface area contributed by atoms with Crippen LogP contribution < -0.4 is 5.32 Å². The Balaban J connectivity index is 1.50. The molecule has 1 aliphatic heterocycles. The maximum atomic E-state index is 9.90. The van der Waals surface area contributed by atoms with Crippen LogP contribution in [0.4, 0.5) is 0 Å². The molecule has 3 fully saturated rings. The molecular formula is C15H28N2O. The second-order valence-electron chi connectivity index (χ2n) is 6.95. The molecule has 3 atom stereocenters. The van der Waals surface area contributed by atoms with Crippen LogP contribution in [0, 0.1) is 17.8 Å². The molecule has 1 saturated heterocycles. The van der Waals surface area contributed by atoms with Crippen LogP contribution in [0.5, 0.6) is 0 Å². The van der Waals surface area contributed by atoms with Crippen molar-refractivity contribution in [3.05, 3.63) is 0 Å². The van der Waals surface area contributed by atoms with Crippen molar-refractivity contribution in [1.82, 2.24) is 10.2 Å². The zero-order chi connectivity index (χ0) is 12.5. The molecule has 0 amide bonds. The van der Waals surface area contributed by atoms with Gasteiger partial charge in [0.25, 0.3) is 0 Å². The van der Waals surface area contributed by atoms with Crippen LogP contribution in [0.1, 0.15) is 39.0 Å². The van der Waals surface area contributed by atoms with Gasteiger partial charge in [0.2, 0.25) is 0 Å². The Bertz CT molecular complexity index is 274. The van der Waals surface area contributed by atoms with E-state index in [2.05, 4.69) is 10.2 Å². The van der Waals surface area contributed by atoms with E-state index in [1.165, 1.54) is 45.3 Å². The zero-order valence-corrected chi connectivity index (χ0v) is 11.6. The van der Waals surface area contributed by atoms with Gasteiger partial charge >= 0.3 is 0 Å². The summed E-state index contributed by atoms with van der Waals surface area (Å²) in [6.07, 6.45) is 6.70. The Kier molecular flexibility index (Phi) is 3.92. The van der Waals surface area contributed by atoms with E-state index in [1.54, 1.807) is 0 Å². The van der Waals surface area contributed by atoms with Crippen LogP contribution in [-0.4, -0.2) is 48.3 Å². The maximum Gasteiger partial charge on any atom is 0.0553 e. The highest BCUT2D eigenvalue weighted by molar-refractivity contribution is 4.89. The summed E-state index contributed by atoms with van der Waals surface area (Å²) in [6.45, 7) is 6.74. The molecule has 0 bridgehead atoms. The maximum absolute atomic E-state index is 9.90. The SMILES string of the molecule is CC(O)C1CC(NCC2CC2)CN(CC2CC2)C1. The first-order chi connectivity index (χ1) is 8.70. The van der Waals surface area contributed by atoms with Crippen LogP contribution in [0.15, 0.2) is 0 Å². The third-order valence-electron chi connectivity index (χ3n) is 4.85. The van der Waals surface area contributed by atoms with Gasteiger partial charge in [-0.15, -0.1) is 0 Å². The minimum atomic E-state index is -0.155. The van der Waals surface area contributed by atoms with Gasteiger partial charge in [0, 0.05) is 25.7 Å². The molecule has 0 radical (unpaired) electrons. The number of likely N-dealkylation sites (tertiary alicyclic amines) is 1. The zero-order valence-electron chi connectivity index (χ0n) is 11.6. The second kappa shape index (κ2) is 5.48. The number of hydrogen-bond donors (Lipinski definition) is 2. The molecule has 0 aromatic rings. The molecule has 3 aliphatic rings. The summed E-state index contributed by atoms with van der Waals surface area (Å²) in [6, 6.07) is 0.609. The topological polar surface area (TPSA) is 35.5 Å².